The molecule has 140 valence electrons. The summed E-state index contributed by atoms with van der Waals surface area (Å²) in [5, 5.41) is 3.01. The maximum Gasteiger partial charge on any atom is 0.251 e. The van der Waals surface area contributed by atoms with Crippen LogP contribution in [0.5, 0.6) is 11.5 Å². The van der Waals surface area contributed by atoms with Crippen LogP contribution in [0.15, 0.2) is 18.2 Å². The Labute approximate surface area is 150 Å². The third kappa shape index (κ3) is 5.34. The zero-order valence-corrected chi connectivity index (χ0v) is 15.9. The normalized spacial score (nSPS) is 22.3. The lowest BCUT2D eigenvalue weighted by atomic mass is 10.1. The number of ether oxygens (including phenoxy) is 3. The second-order valence-corrected chi connectivity index (χ2v) is 6.57. The highest BCUT2D eigenvalue weighted by molar-refractivity contribution is 5.94. The Morgan fingerprint density at radius 2 is 2.00 bits per heavy atom. The molecule has 3 atom stereocenters. The monoisotopic (exact) mass is 350 g/mol. The van der Waals surface area contributed by atoms with Crippen LogP contribution >= 0.6 is 0 Å². The Balaban J connectivity index is 1.94. The van der Waals surface area contributed by atoms with Crippen molar-refractivity contribution in [2.45, 2.75) is 45.9 Å². The van der Waals surface area contributed by atoms with E-state index < -0.39 is 0 Å². The van der Waals surface area contributed by atoms with Crippen LogP contribution in [0.25, 0.3) is 0 Å². The Bertz CT molecular complexity index is 569. The van der Waals surface area contributed by atoms with Crippen molar-refractivity contribution in [3.05, 3.63) is 23.8 Å². The van der Waals surface area contributed by atoms with Gasteiger partial charge in [-0.2, -0.15) is 0 Å². The van der Waals surface area contributed by atoms with Gasteiger partial charge < -0.3 is 19.5 Å². The predicted octanol–water partition coefficient (Wildman–Crippen LogP) is 2.32. The molecule has 6 heteroatoms. The molecule has 25 heavy (non-hydrogen) atoms. The van der Waals surface area contributed by atoms with E-state index in [1.54, 1.807) is 25.3 Å². The quantitative estimate of drug-likeness (QED) is 0.818. The van der Waals surface area contributed by atoms with Crippen LogP contribution in [0.1, 0.15) is 38.1 Å². The number of nitrogens with zero attached hydrogens (tertiary/aromatic N) is 1. The number of hydrogen-bond acceptors (Lipinski definition) is 5. The van der Waals surface area contributed by atoms with Gasteiger partial charge in [0.2, 0.25) is 0 Å². The zero-order valence-electron chi connectivity index (χ0n) is 15.9. The third-order valence-corrected chi connectivity index (χ3v) is 4.35. The zero-order chi connectivity index (χ0) is 18.4. The van der Waals surface area contributed by atoms with Crippen molar-refractivity contribution >= 4 is 5.91 Å². The van der Waals surface area contributed by atoms with Gasteiger partial charge in [0.05, 0.1) is 25.9 Å². The Morgan fingerprint density at radius 3 is 2.60 bits per heavy atom. The molecule has 1 aromatic rings. The average Bonchev–Trinajstić information content (AvgIpc) is 2.58. The fourth-order valence-corrected chi connectivity index (χ4v) is 3.14. The summed E-state index contributed by atoms with van der Waals surface area (Å²) < 4.78 is 16.6. The van der Waals surface area contributed by atoms with Crippen molar-refractivity contribution in [3.63, 3.8) is 0 Å². The topological polar surface area (TPSA) is 60.0 Å². The van der Waals surface area contributed by atoms with E-state index in [0.29, 0.717) is 30.2 Å². The second-order valence-electron chi connectivity index (χ2n) is 6.57. The number of nitrogens with one attached hydrogen (secondary N) is 1. The van der Waals surface area contributed by atoms with Crippen LogP contribution in [0.2, 0.25) is 0 Å². The molecule has 1 amide bonds. The number of carbonyl (C=O) groups is 1. The standard InChI is InChI=1S/C19H30N2O4/c1-6-24-18-9-16(7-8-17(18)23-5)19(22)20-10-13(2)21-11-14(3)25-15(4)12-21/h7-9,13-15H,6,10-12H2,1-5H3,(H,20,22). The first-order valence-corrected chi connectivity index (χ1v) is 8.93. The van der Waals surface area contributed by atoms with Gasteiger partial charge in [-0.1, -0.05) is 0 Å². The number of morpholine rings is 1. The number of hydrogen-bond donors (Lipinski definition) is 1. The second kappa shape index (κ2) is 9.06. The molecule has 0 bridgehead atoms. The molecular weight excluding hydrogens is 320 g/mol. The maximum atomic E-state index is 12.5. The molecule has 0 aliphatic carbocycles. The minimum Gasteiger partial charge on any atom is -0.493 e. The number of rotatable bonds is 7. The third-order valence-electron chi connectivity index (χ3n) is 4.35. The van der Waals surface area contributed by atoms with Crippen molar-refractivity contribution in [3.8, 4) is 11.5 Å². The highest BCUT2D eigenvalue weighted by atomic mass is 16.5. The highest BCUT2D eigenvalue weighted by Gasteiger charge is 2.26. The summed E-state index contributed by atoms with van der Waals surface area (Å²) in [6, 6.07) is 5.48. The molecule has 0 saturated carbocycles. The molecule has 1 saturated heterocycles. The molecule has 0 spiro atoms. The van der Waals surface area contributed by atoms with Crippen LogP contribution in [0, 0.1) is 0 Å². The summed E-state index contributed by atoms with van der Waals surface area (Å²) in [7, 11) is 1.59. The number of methoxy groups -OCH3 is 1. The predicted molar refractivity (Wildman–Crippen MR) is 97.5 cm³/mol. The fraction of sp³-hybridized carbons (Fsp3) is 0.632. The minimum absolute atomic E-state index is 0.107. The first kappa shape index (κ1) is 19.5. The lowest BCUT2D eigenvalue weighted by Gasteiger charge is -2.39. The Kier molecular flexibility index (Phi) is 7.08. The van der Waals surface area contributed by atoms with Crippen molar-refractivity contribution < 1.29 is 19.0 Å². The number of carbonyl (C=O) groups excluding carboxylic acids is 1. The molecule has 0 aromatic heterocycles. The van der Waals surface area contributed by atoms with Gasteiger partial charge in [-0.05, 0) is 45.9 Å². The first-order chi connectivity index (χ1) is 11.9. The van der Waals surface area contributed by atoms with E-state index in [0.717, 1.165) is 13.1 Å². The van der Waals surface area contributed by atoms with Crippen LogP contribution in [-0.2, 0) is 4.74 Å². The minimum atomic E-state index is -0.107. The Hall–Kier alpha value is -1.79. The summed E-state index contributed by atoms with van der Waals surface area (Å²) in [5.74, 6) is 1.11. The van der Waals surface area contributed by atoms with Gasteiger partial charge in [0.15, 0.2) is 11.5 Å². The molecule has 0 radical (unpaired) electrons. The summed E-state index contributed by atoms with van der Waals surface area (Å²) in [4.78, 5) is 14.8. The van der Waals surface area contributed by atoms with Crippen LogP contribution in [0.3, 0.4) is 0 Å². The molecule has 1 aromatic carbocycles. The van der Waals surface area contributed by atoms with Gasteiger partial charge in [-0.15, -0.1) is 0 Å². The van der Waals surface area contributed by atoms with Crippen LogP contribution in [-0.4, -0.2) is 62.4 Å². The fourth-order valence-electron chi connectivity index (χ4n) is 3.14. The van der Waals surface area contributed by atoms with E-state index in [-0.39, 0.29) is 24.2 Å². The van der Waals surface area contributed by atoms with Crippen LogP contribution in [0.4, 0.5) is 0 Å². The lowest BCUT2D eigenvalue weighted by molar-refractivity contribution is -0.0778. The van der Waals surface area contributed by atoms with Gasteiger partial charge in [-0.25, -0.2) is 0 Å². The van der Waals surface area contributed by atoms with E-state index in [4.69, 9.17) is 14.2 Å². The molecule has 6 nitrogen and oxygen atoms in total. The molecule has 1 aliphatic rings. The molecule has 1 heterocycles. The summed E-state index contributed by atoms with van der Waals surface area (Å²) in [6.45, 7) is 11.1. The summed E-state index contributed by atoms with van der Waals surface area (Å²) >= 11 is 0. The lowest BCUT2D eigenvalue weighted by Crippen LogP contribution is -2.52. The first-order valence-electron chi connectivity index (χ1n) is 8.93. The molecular formula is C19H30N2O4. The SMILES string of the molecule is CCOc1cc(C(=O)NCC(C)N2CC(C)OC(C)C2)ccc1OC. The van der Waals surface area contributed by atoms with E-state index in [2.05, 4.69) is 31.0 Å². The van der Waals surface area contributed by atoms with Gasteiger partial charge in [0, 0.05) is 31.2 Å². The largest absolute Gasteiger partial charge is 0.493 e. The number of amides is 1. The average molecular weight is 350 g/mol. The van der Waals surface area contributed by atoms with E-state index in [1.807, 2.05) is 6.92 Å². The number of benzene rings is 1. The van der Waals surface area contributed by atoms with E-state index in [1.165, 1.54) is 0 Å². The maximum absolute atomic E-state index is 12.5. The van der Waals surface area contributed by atoms with E-state index in [9.17, 15) is 4.79 Å². The van der Waals surface area contributed by atoms with Crippen molar-refractivity contribution in [1.82, 2.24) is 10.2 Å². The van der Waals surface area contributed by atoms with E-state index >= 15 is 0 Å². The highest BCUT2D eigenvalue weighted by Crippen LogP contribution is 2.28. The summed E-state index contributed by atoms with van der Waals surface area (Å²) in [5.41, 5.74) is 0.570. The van der Waals surface area contributed by atoms with Gasteiger partial charge in [-0.3, -0.25) is 9.69 Å². The molecule has 1 fully saturated rings. The molecule has 2 rings (SSSR count). The van der Waals surface area contributed by atoms with Crippen molar-refractivity contribution in [1.29, 1.82) is 0 Å². The Morgan fingerprint density at radius 1 is 1.32 bits per heavy atom. The van der Waals surface area contributed by atoms with Crippen molar-refractivity contribution in [2.24, 2.45) is 0 Å². The smallest absolute Gasteiger partial charge is 0.251 e. The van der Waals surface area contributed by atoms with Gasteiger partial charge in [0.25, 0.3) is 5.91 Å². The molecule has 1 aliphatic heterocycles. The van der Waals surface area contributed by atoms with Gasteiger partial charge in [0.1, 0.15) is 0 Å². The van der Waals surface area contributed by atoms with Crippen LogP contribution < -0.4 is 14.8 Å². The molecule has 1 N–H and O–H groups in total. The molecule has 3 unspecified atom stereocenters. The van der Waals surface area contributed by atoms with Gasteiger partial charge >= 0.3 is 0 Å². The van der Waals surface area contributed by atoms with Crippen molar-refractivity contribution in [2.75, 3.05) is 33.4 Å². The summed E-state index contributed by atoms with van der Waals surface area (Å²) in [6.07, 6.45) is 0.439.